The van der Waals surface area contributed by atoms with Crippen molar-refractivity contribution in [3.63, 3.8) is 0 Å². The molecule has 31 heavy (non-hydrogen) atoms. The van der Waals surface area contributed by atoms with Gasteiger partial charge in [0.2, 0.25) is 5.91 Å². The molecule has 6 heteroatoms. The van der Waals surface area contributed by atoms with Crippen LogP contribution in [0.15, 0.2) is 48.5 Å². The molecule has 1 fully saturated rings. The maximum Gasteiger partial charge on any atom is 0.234 e. The third-order valence-electron chi connectivity index (χ3n) is 5.98. The SMILES string of the molecule is CC(=O)[C@H](Cc1ccccc1)NC(=O)CN1CCC[C@@H]1c1ccc2c(c1)OCCCO2. The van der Waals surface area contributed by atoms with Crippen LogP contribution in [-0.2, 0) is 16.0 Å². The molecule has 0 radical (unpaired) electrons. The molecule has 6 nitrogen and oxygen atoms in total. The van der Waals surface area contributed by atoms with Crippen LogP contribution in [0.1, 0.15) is 43.4 Å². The molecule has 4 rings (SSSR count). The van der Waals surface area contributed by atoms with Crippen LogP contribution in [0.4, 0.5) is 0 Å². The lowest BCUT2D eigenvalue weighted by Gasteiger charge is -2.26. The number of nitrogens with zero attached hydrogens (tertiary/aromatic N) is 1. The van der Waals surface area contributed by atoms with Crippen molar-refractivity contribution in [2.45, 2.75) is 44.7 Å². The van der Waals surface area contributed by atoms with Gasteiger partial charge in [0.1, 0.15) is 0 Å². The zero-order chi connectivity index (χ0) is 21.6. The number of carbonyl (C=O) groups is 2. The van der Waals surface area contributed by atoms with Gasteiger partial charge in [-0.15, -0.1) is 0 Å². The van der Waals surface area contributed by atoms with E-state index in [4.69, 9.17) is 9.47 Å². The fourth-order valence-corrected chi connectivity index (χ4v) is 4.35. The van der Waals surface area contributed by atoms with Crippen molar-refractivity contribution in [3.05, 3.63) is 59.7 Å². The van der Waals surface area contributed by atoms with Gasteiger partial charge in [0, 0.05) is 12.5 Å². The fraction of sp³-hybridized carbons (Fsp3) is 0.440. The van der Waals surface area contributed by atoms with Crippen molar-refractivity contribution in [1.29, 1.82) is 0 Å². The third kappa shape index (κ3) is 5.44. The first-order valence-corrected chi connectivity index (χ1v) is 11.1. The Bertz CT molecular complexity index is 915. The molecule has 0 aliphatic carbocycles. The zero-order valence-corrected chi connectivity index (χ0v) is 18.0. The summed E-state index contributed by atoms with van der Waals surface area (Å²) in [5, 5.41) is 2.95. The van der Waals surface area contributed by atoms with Gasteiger partial charge in [-0.1, -0.05) is 36.4 Å². The van der Waals surface area contributed by atoms with Crippen molar-refractivity contribution in [1.82, 2.24) is 10.2 Å². The minimum Gasteiger partial charge on any atom is -0.490 e. The maximum absolute atomic E-state index is 12.8. The predicted octanol–water partition coefficient (Wildman–Crippen LogP) is 3.30. The Balaban J connectivity index is 1.40. The zero-order valence-electron chi connectivity index (χ0n) is 18.0. The Kier molecular flexibility index (Phi) is 6.87. The summed E-state index contributed by atoms with van der Waals surface area (Å²) in [6.45, 7) is 3.99. The van der Waals surface area contributed by atoms with E-state index in [1.165, 1.54) is 6.92 Å². The number of hydrogen-bond donors (Lipinski definition) is 1. The fourth-order valence-electron chi connectivity index (χ4n) is 4.35. The first-order valence-electron chi connectivity index (χ1n) is 11.1. The standard InChI is InChI=1S/C25H30N2O4/c1-18(28)21(15-19-7-3-2-4-8-19)26-25(29)17-27-12-5-9-22(27)20-10-11-23-24(16-20)31-14-6-13-30-23/h2-4,7-8,10-11,16,21-22H,5-6,9,12-15,17H2,1H3,(H,26,29)/t21-,22+/m0/s1. The molecule has 0 unspecified atom stereocenters. The summed E-state index contributed by atoms with van der Waals surface area (Å²) in [5.74, 6) is 1.43. The number of ketones is 1. The molecule has 0 aromatic heterocycles. The van der Waals surface area contributed by atoms with E-state index >= 15 is 0 Å². The summed E-state index contributed by atoms with van der Waals surface area (Å²) in [5.41, 5.74) is 2.18. The van der Waals surface area contributed by atoms with E-state index in [2.05, 4.69) is 22.3 Å². The van der Waals surface area contributed by atoms with Gasteiger partial charge in [0.15, 0.2) is 17.3 Å². The monoisotopic (exact) mass is 422 g/mol. The van der Waals surface area contributed by atoms with Gasteiger partial charge in [-0.05, 0) is 56.0 Å². The van der Waals surface area contributed by atoms with Crippen LogP contribution in [0, 0.1) is 0 Å². The predicted molar refractivity (Wildman–Crippen MR) is 118 cm³/mol. The molecule has 2 aromatic rings. The smallest absolute Gasteiger partial charge is 0.234 e. The summed E-state index contributed by atoms with van der Waals surface area (Å²) in [6.07, 6.45) is 3.41. The molecule has 1 amide bonds. The maximum atomic E-state index is 12.8. The van der Waals surface area contributed by atoms with Crippen LogP contribution in [0.5, 0.6) is 11.5 Å². The van der Waals surface area contributed by atoms with Crippen LogP contribution < -0.4 is 14.8 Å². The number of benzene rings is 2. The van der Waals surface area contributed by atoms with E-state index < -0.39 is 6.04 Å². The number of ether oxygens (including phenoxy) is 2. The lowest BCUT2D eigenvalue weighted by molar-refractivity contribution is -0.127. The second-order valence-corrected chi connectivity index (χ2v) is 8.31. The van der Waals surface area contributed by atoms with Crippen LogP contribution in [0.25, 0.3) is 0 Å². The Labute approximate surface area is 183 Å². The number of amides is 1. The molecular formula is C25H30N2O4. The average molecular weight is 423 g/mol. The average Bonchev–Trinajstić information content (AvgIpc) is 3.09. The molecule has 2 aliphatic rings. The number of fused-ring (bicyclic) bond motifs is 1. The second-order valence-electron chi connectivity index (χ2n) is 8.31. The van der Waals surface area contributed by atoms with Gasteiger partial charge < -0.3 is 14.8 Å². The minimum atomic E-state index is -0.506. The number of rotatable bonds is 7. The van der Waals surface area contributed by atoms with E-state index in [0.29, 0.717) is 19.6 Å². The topological polar surface area (TPSA) is 67.9 Å². The van der Waals surface area contributed by atoms with Gasteiger partial charge in [-0.2, -0.15) is 0 Å². The van der Waals surface area contributed by atoms with E-state index in [0.717, 1.165) is 48.4 Å². The van der Waals surface area contributed by atoms with Crippen LogP contribution in [0.2, 0.25) is 0 Å². The number of carbonyl (C=O) groups excluding carboxylic acids is 2. The van der Waals surface area contributed by atoms with Gasteiger partial charge >= 0.3 is 0 Å². The summed E-state index contributed by atoms with van der Waals surface area (Å²) in [6, 6.07) is 15.5. The summed E-state index contributed by atoms with van der Waals surface area (Å²) < 4.78 is 11.6. The molecule has 164 valence electrons. The number of nitrogens with one attached hydrogen (secondary N) is 1. The first kappa shape index (κ1) is 21.4. The number of likely N-dealkylation sites (tertiary alicyclic amines) is 1. The van der Waals surface area contributed by atoms with Crippen molar-refractivity contribution < 1.29 is 19.1 Å². The molecule has 2 aromatic carbocycles. The van der Waals surface area contributed by atoms with E-state index in [-0.39, 0.29) is 24.3 Å². The van der Waals surface area contributed by atoms with Crippen LogP contribution in [0.3, 0.4) is 0 Å². The molecule has 0 spiro atoms. The van der Waals surface area contributed by atoms with Gasteiger partial charge in [0.25, 0.3) is 0 Å². The summed E-state index contributed by atoms with van der Waals surface area (Å²) in [7, 11) is 0. The lowest BCUT2D eigenvalue weighted by atomic mass is 10.0. The largest absolute Gasteiger partial charge is 0.490 e. The van der Waals surface area contributed by atoms with Gasteiger partial charge in [-0.3, -0.25) is 14.5 Å². The Morgan fingerprint density at radius 3 is 2.61 bits per heavy atom. The summed E-state index contributed by atoms with van der Waals surface area (Å²) >= 11 is 0. The molecule has 1 saturated heterocycles. The Hall–Kier alpha value is -2.86. The first-order chi connectivity index (χ1) is 15.1. The van der Waals surface area contributed by atoms with Crippen LogP contribution >= 0.6 is 0 Å². The highest BCUT2D eigenvalue weighted by molar-refractivity contribution is 5.88. The van der Waals surface area contributed by atoms with Crippen molar-refractivity contribution in [3.8, 4) is 11.5 Å². The highest BCUT2D eigenvalue weighted by Crippen LogP contribution is 2.37. The molecule has 1 N–H and O–H groups in total. The van der Waals surface area contributed by atoms with Gasteiger partial charge in [-0.25, -0.2) is 0 Å². The van der Waals surface area contributed by atoms with E-state index in [1.807, 2.05) is 36.4 Å². The normalized spacial score (nSPS) is 19.5. The molecule has 2 aliphatic heterocycles. The van der Waals surface area contributed by atoms with Gasteiger partial charge in [0.05, 0.1) is 25.8 Å². The van der Waals surface area contributed by atoms with E-state index in [9.17, 15) is 9.59 Å². The Morgan fingerprint density at radius 1 is 1.06 bits per heavy atom. The minimum absolute atomic E-state index is 0.0296. The molecule has 0 saturated carbocycles. The Morgan fingerprint density at radius 2 is 1.84 bits per heavy atom. The molecule has 2 heterocycles. The number of Topliss-reactive ketones (excluding diaryl/α,β-unsaturated/α-hetero) is 1. The number of hydrogen-bond acceptors (Lipinski definition) is 5. The molecule has 0 bridgehead atoms. The van der Waals surface area contributed by atoms with Crippen molar-refractivity contribution >= 4 is 11.7 Å². The quantitative estimate of drug-likeness (QED) is 0.742. The lowest BCUT2D eigenvalue weighted by Crippen LogP contribution is -2.45. The highest BCUT2D eigenvalue weighted by atomic mass is 16.5. The molecule has 2 atom stereocenters. The van der Waals surface area contributed by atoms with E-state index in [1.54, 1.807) is 0 Å². The van der Waals surface area contributed by atoms with Crippen LogP contribution in [-0.4, -0.2) is 48.9 Å². The van der Waals surface area contributed by atoms with Crippen molar-refractivity contribution in [2.75, 3.05) is 26.3 Å². The summed E-state index contributed by atoms with van der Waals surface area (Å²) in [4.78, 5) is 27.1. The molecular weight excluding hydrogens is 392 g/mol. The third-order valence-corrected chi connectivity index (χ3v) is 5.98. The van der Waals surface area contributed by atoms with Crippen molar-refractivity contribution in [2.24, 2.45) is 0 Å². The highest BCUT2D eigenvalue weighted by Gasteiger charge is 2.29. The second kappa shape index (κ2) is 9.96.